The molecule has 1 rings (SSSR count). The summed E-state index contributed by atoms with van der Waals surface area (Å²) < 4.78 is 0. The molecule has 0 aliphatic rings. The van der Waals surface area contributed by atoms with Crippen LogP contribution in [0.15, 0.2) is 24.3 Å². The first-order chi connectivity index (χ1) is 5.84. The lowest BCUT2D eigenvalue weighted by Crippen LogP contribution is -1.85. The van der Waals surface area contributed by atoms with Crippen molar-refractivity contribution in [1.29, 1.82) is 0 Å². The Morgan fingerprint density at radius 2 is 1.75 bits per heavy atom. The van der Waals surface area contributed by atoms with Gasteiger partial charge in [-0.25, -0.2) is 0 Å². The highest BCUT2D eigenvalue weighted by Crippen LogP contribution is 2.08. The molecule has 0 bridgehead atoms. The first kappa shape index (κ1) is 11.2. The summed E-state index contributed by atoms with van der Waals surface area (Å²) in [6.07, 6.45) is 2.46. The van der Waals surface area contributed by atoms with Gasteiger partial charge in [0.25, 0.3) is 0 Å². The number of rotatable bonds is 2. The molecule has 1 nitrogen and oxygen atoms in total. The molecule has 0 aliphatic carbocycles. The number of nitrogens with two attached hydrogens (primary N) is 1. The second kappa shape index (κ2) is 6.86. The fraction of sp³-hybridized carbons (Fsp3) is 0.455. The van der Waals surface area contributed by atoms with Crippen LogP contribution in [-0.2, 0) is 6.42 Å². The van der Waals surface area contributed by atoms with Crippen molar-refractivity contribution in [2.24, 2.45) is 5.73 Å². The Bertz CT molecular complexity index is 206. The van der Waals surface area contributed by atoms with Crippen LogP contribution in [0.4, 0.5) is 0 Å². The van der Waals surface area contributed by atoms with Crippen LogP contribution in [0.25, 0.3) is 0 Å². The quantitative estimate of drug-likeness (QED) is 0.716. The van der Waals surface area contributed by atoms with E-state index in [0.717, 1.165) is 0 Å². The minimum atomic E-state index is 1.21. The Kier molecular flexibility index (Phi) is 6.39. The van der Waals surface area contributed by atoms with E-state index in [2.05, 4.69) is 43.8 Å². The molecule has 0 atom stereocenters. The van der Waals surface area contributed by atoms with Crippen molar-refractivity contribution >= 4 is 0 Å². The number of hydrogen-bond donors (Lipinski definition) is 1. The SMILES string of the molecule is CCCc1ccccc1C.CN. The Labute approximate surface area is 75.6 Å². The molecule has 68 valence electrons. The predicted molar refractivity (Wildman–Crippen MR) is 55.3 cm³/mol. The third kappa shape index (κ3) is 3.54. The average Bonchev–Trinajstić information content (AvgIpc) is 2.13. The monoisotopic (exact) mass is 165 g/mol. The summed E-state index contributed by atoms with van der Waals surface area (Å²) in [4.78, 5) is 0. The van der Waals surface area contributed by atoms with Crippen molar-refractivity contribution in [3.63, 3.8) is 0 Å². The molecule has 0 saturated carbocycles. The van der Waals surface area contributed by atoms with Crippen molar-refractivity contribution in [2.45, 2.75) is 26.7 Å². The Morgan fingerprint density at radius 3 is 2.25 bits per heavy atom. The summed E-state index contributed by atoms with van der Waals surface area (Å²) in [6, 6.07) is 8.58. The molecule has 1 aromatic carbocycles. The first-order valence-corrected chi connectivity index (χ1v) is 4.47. The minimum absolute atomic E-state index is 1.21. The van der Waals surface area contributed by atoms with Crippen LogP contribution in [0.1, 0.15) is 24.5 Å². The van der Waals surface area contributed by atoms with Gasteiger partial charge in [-0.05, 0) is 31.5 Å². The zero-order valence-electron chi connectivity index (χ0n) is 8.30. The highest BCUT2D eigenvalue weighted by Gasteiger charge is 1.92. The lowest BCUT2D eigenvalue weighted by atomic mass is 10.1. The van der Waals surface area contributed by atoms with Crippen LogP contribution in [0.3, 0.4) is 0 Å². The molecule has 0 unspecified atom stereocenters. The van der Waals surface area contributed by atoms with Crippen molar-refractivity contribution in [1.82, 2.24) is 0 Å². The van der Waals surface area contributed by atoms with Crippen LogP contribution in [0.2, 0.25) is 0 Å². The highest BCUT2D eigenvalue weighted by molar-refractivity contribution is 5.25. The molecule has 0 fully saturated rings. The lowest BCUT2D eigenvalue weighted by Gasteiger charge is -2.01. The van der Waals surface area contributed by atoms with Gasteiger partial charge in [0.1, 0.15) is 0 Å². The second-order valence-corrected chi connectivity index (χ2v) is 2.68. The third-order valence-electron chi connectivity index (χ3n) is 1.78. The molecular weight excluding hydrogens is 146 g/mol. The van der Waals surface area contributed by atoms with Gasteiger partial charge in [0.15, 0.2) is 0 Å². The van der Waals surface area contributed by atoms with Gasteiger partial charge in [-0.1, -0.05) is 37.6 Å². The molecule has 0 aromatic heterocycles. The predicted octanol–water partition coefficient (Wildman–Crippen LogP) is 2.52. The smallest absolute Gasteiger partial charge is 0.0195 e. The maximum atomic E-state index is 4.50. The Morgan fingerprint density at radius 1 is 1.17 bits per heavy atom. The Balaban J connectivity index is 0.000000561. The zero-order chi connectivity index (χ0) is 9.40. The van der Waals surface area contributed by atoms with E-state index in [4.69, 9.17) is 0 Å². The summed E-state index contributed by atoms with van der Waals surface area (Å²) in [5.74, 6) is 0. The van der Waals surface area contributed by atoms with Crippen LogP contribution in [0, 0.1) is 6.92 Å². The van der Waals surface area contributed by atoms with Gasteiger partial charge < -0.3 is 5.73 Å². The molecule has 0 aliphatic heterocycles. The fourth-order valence-corrected chi connectivity index (χ4v) is 1.16. The van der Waals surface area contributed by atoms with E-state index in [-0.39, 0.29) is 0 Å². The van der Waals surface area contributed by atoms with E-state index in [1.54, 1.807) is 0 Å². The first-order valence-electron chi connectivity index (χ1n) is 4.47. The van der Waals surface area contributed by atoms with E-state index < -0.39 is 0 Å². The van der Waals surface area contributed by atoms with Gasteiger partial charge in [0.2, 0.25) is 0 Å². The van der Waals surface area contributed by atoms with E-state index >= 15 is 0 Å². The number of hydrogen-bond acceptors (Lipinski definition) is 1. The number of benzene rings is 1. The van der Waals surface area contributed by atoms with E-state index in [1.807, 2.05) is 0 Å². The zero-order valence-corrected chi connectivity index (χ0v) is 8.30. The van der Waals surface area contributed by atoms with E-state index in [1.165, 1.54) is 31.0 Å². The molecule has 0 amide bonds. The van der Waals surface area contributed by atoms with Gasteiger partial charge in [0, 0.05) is 0 Å². The molecular formula is C11H19N. The van der Waals surface area contributed by atoms with Crippen molar-refractivity contribution in [2.75, 3.05) is 7.05 Å². The van der Waals surface area contributed by atoms with Crippen LogP contribution in [0.5, 0.6) is 0 Å². The number of aryl methyl sites for hydroxylation is 2. The van der Waals surface area contributed by atoms with Gasteiger partial charge in [0.05, 0.1) is 0 Å². The van der Waals surface area contributed by atoms with Crippen molar-refractivity contribution in [3.8, 4) is 0 Å². The average molecular weight is 165 g/mol. The highest BCUT2D eigenvalue weighted by atomic mass is 14.4. The summed E-state index contributed by atoms with van der Waals surface area (Å²) >= 11 is 0. The summed E-state index contributed by atoms with van der Waals surface area (Å²) in [7, 11) is 1.50. The molecule has 1 heteroatoms. The topological polar surface area (TPSA) is 26.0 Å². The molecule has 1 aromatic rings. The minimum Gasteiger partial charge on any atom is -0.333 e. The normalized spacial score (nSPS) is 8.67. The standard InChI is InChI=1S/C10H14.CH5N/c1-3-6-10-8-5-4-7-9(10)2;1-2/h4-5,7-8H,3,6H2,1-2H3;2H2,1H3. The molecule has 0 heterocycles. The third-order valence-corrected chi connectivity index (χ3v) is 1.78. The van der Waals surface area contributed by atoms with E-state index in [0.29, 0.717) is 0 Å². The lowest BCUT2D eigenvalue weighted by molar-refractivity contribution is 0.913. The van der Waals surface area contributed by atoms with Gasteiger partial charge in [-0.15, -0.1) is 0 Å². The molecule has 0 spiro atoms. The maximum absolute atomic E-state index is 4.50. The molecule has 0 saturated heterocycles. The van der Waals surface area contributed by atoms with Crippen LogP contribution >= 0.6 is 0 Å². The molecule has 2 N–H and O–H groups in total. The second-order valence-electron chi connectivity index (χ2n) is 2.68. The fourth-order valence-electron chi connectivity index (χ4n) is 1.16. The van der Waals surface area contributed by atoms with Gasteiger partial charge in [-0.2, -0.15) is 0 Å². The van der Waals surface area contributed by atoms with Crippen molar-refractivity contribution < 1.29 is 0 Å². The van der Waals surface area contributed by atoms with Crippen LogP contribution < -0.4 is 5.73 Å². The Hall–Kier alpha value is -0.820. The summed E-state index contributed by atoms with van der Waals surface area (Å²) in [6.45, 7) is 4.39. The maximum Gasteiger partial charge on any atom is -0.0195 e. The molecule has 0 radical (unpaired) electrons. The largest absolute Gasteiger partial charge is 0.333 e. The summed E-state index contributed by atoms with van der Waals surface area (Å²) in [5.41, 5.74) is 7.41. The molecule has 12 heavy (non-hydrogen) atoms. The van der Waals surface area contributed by atoms with E-state index in [9.17, 15) is 0 Å². The summed E-state index contributed by atoms with van der Waals surface area (Å²) in [5, 5.41) is 0. The van der Waals surface area contributed by atoms with Crippen LogP contribution in [-0.4, -0.2) is 7.05 Å². The van der Waals surface area contributed by atoms with Gasteiger partial charge in [-0.3, -0.25) is 0 Å². The van der Waals surface area contributed by atoms with Crippen molar-refractivity contribution in [3.05, 3.63) is 35.4 Å². The van der Waals surface area contributed by atoms with Gasteiger partial charge >= 0.3 is 0 Å².